The molecular formula is C30H38N2O7Si. The van der Waals surface area contributed by atoms with Gasteiger partial charge in [-0.15, -0.1) is 0 Å². The van der Waals surface area contributed by atoms with Crippen molar-refractivity contribution in [2.45, 2.75) is 64.5 Å². The number of ether oxygens (including phenoxy) is 2. The molecule has 1 aromatic heterocycles. The van der Waals surface area contributed by atoms with Crippen molar-refractivity contribution in [2.24, 2.45) is 5.92 Å². The molecule has 0 radical (unpaired) electrons. The molecule has 0 amide bonds. The van der Waals surface area contributed by atoms with Gasteiger partial charge < -0.3 is 19.0 Å². The first kappa shape index (κ1) is 29.7. The van der Waals surface area contributed by atoms with E-state index in [1.54, 1.807) is 13.8 Å². The summed E-state index contributed by atoms with van der Waals surface area (Å²) in [5, 5.41) is 12.9. The van der Waals surface area contributed by atoms with E-state index < -0.39 is 49.9 Å². The molecule has 1 aliphatic heterocycles. The first-order chi connectivity index (χ1) is 19.0. The lowest BCUT2D eigenvalue weighted by molar-refractivity contribution is -0.159. The summed E-state index contributed by atoms with van der Waals surface area (Å²) in [6, 6.07) is 20.4. The first-order valence-electron chi connectivity index (χ1n) is 13.6. The minimum absolute atomic E-state index is 0.103. The highest BCUT2D eigenvalue weighted by Gasteiger charge is 2.52. The van der Waals surface area contributed by atoms with Crippen LogP contribution in [0.1, 0.15) is 45.9 Å². The lowest BCUT2D eigenvalue weighted by atomic mass is 9.96. The minimum Gasteiger partial charge on any atom is -0.464 e. The van der Waals surface area contributed by atoms with Gasteiger partial charge in [0.15, 0.2) is 6.10 Å². The summed E-state index contributed by atoms with van der Waals surface area (Å²) in [4.78, 5) is 39.6. The van der Waals surface area contributed by atoms with Crippen LogP contribution in [0, 0.1) is 12.8 Å². The zero-order valence-electron chi connectivity index (χ0n) is 23.6. The molecule has 3 aromatic rings. The fourth-order valence-corrected chi connectivity index (χ4v) is 10.2. The summed E-state index contributed by atoms with van der Waals surface area (Å²) < 4.78 is 19.6. The molecule has 10 heteroatoms. The third kappa shape index (κ3) is 5.76. The highest BCUT2D eigenvalue weighted by atomic mass is 28.4. The maximum absolute atomic E-state index is 12.8. The maximum Gasteiger partial charge on any atom is 0.335 e. The van der Waals surface area contributed by atoms with E-state index in [1.165, 1.54) is 10.8 Å². The lowest BCUT2D eigenvalue weighted by Crippen LogP contribution is -2.67. The molecule has 1 fully saturated rings. The molecule has 0 aliphatic carbocycles. The molecule has 214 valence electrons. The Morgan fingerprint density at radius 1 is 1.10 bits per heavy atom. The monoisotopic (exact) mass is 566 g/mol. The lowest BCUT2D eigenvalue weighted by Gasteiger charge is -2.43. The number of H-pyrrole nitrogens is 1. The number of hydrogen-bond acceptors (Lipinski definition) is 7. The number of aromatic amines is 1. The molecule has 0 bridgehead atoms. The van der Waals surface area contributed by atoms with Crippen LogP contribution in [0.5, 0.6) is 0 Å². The number of esters is 1. The predicted molar refractivity (Wildman–Crippen MR) is 154 cm³/mol. The van der Waals surface area contributed by atoms with Crippen LogP contribution in [0.15, 0.2) is 76.4 Å². The number of aliphatic hydroxyl groups is 1. The summed E-state index contributed by atoms with van der Waals surface area (Å²) in [7, 11) is -2.88. The second-order valence-electron chi connectivity index (χ2n) is 11.2. The fourth-order valence-electron chi connectivity index (χ4n) is 5.59. The Hall–Kier alpha value is -3.31. The van der Waals surface area contributed by atoms with E-state index in [1.807, 2.05) is 36.4 Å². The van der Waals surface area contributed by atoms with Crippen LogP contribution in [0.3, 0.4) is 0 Å². The normalized spacial score (nSPS) is 20.3. The Kier molecular flexibility index (Phi) is 8.94. The molecule has 1 aliphatic rings. The van der Waals surface area contributed by atoms with Crippen LogP contribution in [0.2, 0.25) is 5.04 Å². The number of aryl methyl sites for hydroxylation is 1. The largest absolute Gasteiger partial charge is 0.464 e. The molecule has 4 rings (SSSR count). The Morgan fingerprint density at radius 3 is 2.20 bits per heavy atom. The Bertz CT molecular complexity index is 1380. The van der Waals surface area contributed by atoms with E-state index >= 15 is 0 Å². The topological polar surface area (TPSA) is 120 Å². The van der Waals surface area contributed by atoms with Crippen LogP contribution < -0.4 is 21.6 Å². The van der Waals surface area contributed by atoms with Crippen molar-refractivity contribution in [3.05, 3.63) is 93.3 Å². The van der Waals surface area contributed by atoms with Crippen molar-refractivity contribution < 1.29 is 23.8 Å². The van der Waals surface area contributed by atoms with Gasteiger partial charge in [0.2, 0.25) is 0 Å². The molecule has 0 saturated carbocycles. The van der Waals surface area contributed by atoms with Gasteiger partial charge in [0, 0.05) is 17.7 Å². The molecule has 1 unspecified atom stereocenters. The standard InChI is InChI=1S/C30H38N2O7Si/c1-6-37-28(35)25(33)24-17-21(39-27(24)32-18-20(2)26(34)31-29(32)36)19-38-40(30(3,4)5,22-13-9-7-10-14-22)23-15-11-8-12-16-23/h7-16,18,21,24-25,27,33H,6,17,19H2,1-5H3,(H,31,34,36)/t21-,24-,25?,27+/m0/s1. The van der Waals surface area contributed by atoms with Crippen LogP contribution in [-0.2, 0) is 18.7 Å². The van der Waals surface area contributed by atoms with Gasteiger partial charge in [-0.2, -0.15) is 0 Å². The van der Waals surface area contributed by atoms with Crippen molar-refractivity contribution >= 4 is 24.7 Å². The molecule has 1 saturated heterocycles. The molecule has 2 N–H and O–H groups in total. The quantitative estimate of drug-likeness (QED) is 0.301. The van der Waals surface area contributed by atoms with Gasteiger partial charge in [-0.05, 0) is 35.7 Å². The first-order valence-corrected chi connectivity index (χ1v) is 15.5. The highest BCUT2D eigenvalue weighted by Crippen LogP contribution is 2.40. The fraction of sp³-hybridized carbons (Fsp3) is 0.433. The number of rotatable bonds is 9. The molecule has 0 spiro atoms. The molecule has 2 heterocycles. The average molecular weight is 567 g/mol. The van der Waals surface area contributed by atoms with Gasteiger partial charge >= 0.3 is 11.7 Å². The number of aliphatic hydroxyl groups excluding tert-OH is 1. The van der Waals surface area contributed by atoms with E-state index in [0.717, 1.165) is 10.4 Å². The van der Waals surface area contributed by atoms with Crippen molar-refractivity contribution in [3.8, 4) is 0 Å². The second kappa shape index (κ2) is 12.1. The molecular weight excluding hydrogens is 528 g/mol. The summed E-state index contributed by atoms with van der Waals surface area (Å²) in [6.45, 7) is 10.0. The van der Waals surface area contributed by atoms with Crippen LogP contribution >= 0.6 is 0 Å². The number of carbonyl (C=O) groups excluding carboxylic acids is 1. The second-order valence-corrected chi connectivity index (χ2v) is 15.5. The molecule has 4 atom stereocenters. The van der Waals surface area contributed by atoms with Gasteiger partial charge in [0.25, 0.3) is 13.9 Å². The number of nitrogens with zero attached hydrogens (tertiary/aromatic N) is 1. The number of carbonyl (C=O) groups is 1. The van der Waals surface area contributed by atoms with E-state index in [0.29, 0.717) is 5.56 Å². The Balaban J connectivity index is 1.72. The van der Waals surface area contributed by atoms with E-state index in [4.69, 9.17) is 13.9 Å². The van der Waals surface area contributed by atoms with Crippen LogP contribution in [-0.4, -0.2) is 54.4 Å². The third-order valence-electron chi connectivity index (χ3n) is 7.49. The number of hydrogen-bond donors (Lipinski definition) is 2. The highest BCUT2D eigenvalue weighted by molar-refractivity contribution is 6.99. The van der Waals surface area contributed by atoms with E-state index in [2.05, 4.69) is 50.0 Å². The van der Waals surface area contributed by atoms with Gasteiger partial charge in [-0.3, -0.25) is 14.3 Å². The minimum atomic E-state index is -2.88. The predicted octanol–water partition coefficient (Wildman–Crippen LogP) is 2.25. The van der Waals surface area contributed by atoms with Crippen molar-refractivity contribution in [2.75, 3.05) is 13.2 Å². The maximum atomic E-state index is 12.8. The van der Waals surface area contributed by atoms with Crippen molar-refractivity contribution in [3.63, 3.8) is 0 Å². The SMILES string of the molecule is CCOC(=O)C(O)[C@@H]1C[C@@H](CO[Si](c2ccccc2)(c2ccccc2)C(C)(C)C)O[C@H]1n1cc(C)c(=O)[nH]c1=O. The number of nitrogens with one attached hydrogen (secondary N) is 1. The van der Waals surface area contributed by atoms with Crippen molar-refractivity contribution in [1.29, 1.82) is 0 Å². The summed E-state index contributed by atoms with van der Waals surface area (Å²) in [5.74, 6) is -1.58. The number of benzene rings is 2. The van der Waals surface area contributed by atoms with E-state index in [-0.39, 0.29) is 24.7 Å². The van der Waals surface area contributed by atoms with Gasteiger partial charge in [-0.1, -0.05) is 81.4 Å². The zero-order valence-corrected chi connectivity index (χ0v) is 24.6. The van der Waals surface area contributed by atoms with E-state index in [9.17, 15) is 19.5 Å². The molecule has 2 aromatic carbocycles. The molecule has 9 nitrogen and oxygen atoms in total. The van der Waals surface area contributed by atoms with Gasteiger partial charge in [-0.25, -0.2) is 9.59 Å². The summed E-state index contributed by atoms with van der Waals surface area (Å²) in [5.41, 5.74) is -0.886. The van der Waals surface area contributed by atoms with Gasteiger partial charge in [0.05, 0.1) is 19.3 Å². The summed E-state index contributed by atoms with van der Waals surface area (Å²) in [6.07, 6.45) is -1.44. The average Bonchev–Trinajstić information content (AvgIpc) is 3.35. The number of aromatic nitrogens is 2. The van der Waals surface area contributed by atoms with Crippen LogP contribution in [0.4, 0.5) is 0 Å². The Labute approximate surface area is 234 Å². The third-order valence-corrected chi connectivity index (χ3v) is 12.5. The summed E-state index contributed by atoms with van der Waals surface area (Å²) >= 11 is 0. The molecule has 40 heavy (non-hydrogen) atoms. The Morgan fingerprint density at radius 2 is 1.68 bits per heavy atom. The van der Waals surface area contributed by atoms with Crippen LogP contribution in [0.25, 0.3) is 0 Å². The van der Waals surface area contributed by atoms with Gasteiger partial charge in [0.1, 0.15) is 6.23 Å². The smallest absolute Gasteiger partial charge is 0.335 e. The zero-order chi connectivity index (χ0) is 29.1. The van der Waals surface area contributed by atoms with Crippen molar-refractivity contribution in [1.82, 2.24) is 9.55 Å².